The number of para-hydroxylation sites is 1. The molecule has 2 rings (SSSR count). The van der Waals surface area contributed by atoms with E-state index in [0.717, 1.165) is 35.3 Å². The lowest BCUT2D eigenvalue weighted by Gasteiger charge is -2.03. The average Bonchev–Trinajstić information content (AvgIpc) is 2.18. The van der Waals surface area contributed by atoms with Gasteiger partial charge in [-0.3, -0.25) is 0 Å². The number of nitrogens with zero attached hydrogens (tertiary/aromatic N) is 2. The van der Waals surface area contributed by atoms with Crippen molar-refractivity contribution >= 4 is 10.9 Å². The minimum atomic E-state index is 0.962. The van der Waals surface area contributed by atoms with Crippen LogP contribution in [0.1, 0.15) is 24.9 Å². The molecule has 0 saturated heterocycles. The van der Waals surface area contributed by atoms with Crippen molar-refractivity contribution in [2.75, 3.05) is 0 Å². The summed E-state index contributed by atoms with van der Waals surface area (Å²) in [6, 6.07) is 8.16. The Hall–Kier alpha value is -1.44. The summed E-state index contributed by atoms with van der Waals surface area (Å²) in [5.74, 6) is 0.962. The number of fused-ring (bicyclic) bond motifs is 1. The molecule has 2 heteroatoms. The van der Waals surface area contributed by atoms with Crippen LogP contribution in [0, 0.1) is 6.92 Å². The number of hydrogen-bond acceptors (Lipinski definition) is 2. The molecule has 0 fully saturated rings. The maximum absolute atomic E-state index is 4.51. The lowest BCUT2D eigenvalue weighted by molar-refractivity contribution is 0.836. The minimum absolute atomic E-state index is 0.962. The molecular weight excluding hydrogens is 172 g/mol. The molecule has 72 valence electrons. The quantitative estimate of drug-likeness (QED) is 0.720. The van der Waals surface area contributed by atoms with E-state index in [-0.39, 0.29) is 0 Å². The monoisotopic (exact) mass is 186 g/mol. The molecule has 0 bridgehead atoms. The molecule has 0 aliphatic carbocycles. The predicted octanol–water partition coefficient (Wildman–Crippen LogP) is 2.89. The summed E-state index contributed by atoms with van der Waals surface area (Å²) in [4.78, 5) is 8.99. The first-order chi connectivity index (χ1) is 6.81. The van der Waals surface area contributed by atoms with Crippen LogP contribution >= 0.6 is 0 Å². The van der Waals surface area contributed by atoms with Crippen molar-refractivity contribution in [1.29, 1.82) is 0 Å². The van der Waals surface area contributed by atoms with Crippen LogP contribution in [0.15, 0.2) is 24.3 Å². The highest BCUT2D eigenvalue weighted by molar-refractivity contribution is 5.80. The molecule has 2 aromatic rings. The fraction of sp³-hybridized carbons (Fsp3) is 0.333. The Balaban J connectivity index is 2.60. The Bertz CT molecular complexity index is 449. The van der Waals surface area contributed by atoms with Gasteiger partial charge in [-0.15, -0.1) is 0 Å². The molecular formula is C12H14N2. The molecule has 14 heavy (non-hydrogen) atoms. The highest BCUT2D eigenvalue weighted by atomic mass is 14.9. The van der Waals surface area contributed by atoms with Crippen LogP contribution in [-0.4, -0.2) is 9.97 Å². The van der Waals surface area contributed by atoms with E-state index in [1.165, 1.54) is 0 Å². The van der Waals surface area contributed by atoms with Crippen LogP contribution in [0.2, 0.25) is 0 Å². The Kier molecular flexibility index (Phi) is 2.44. The van der Waals surface area contributed by atoms with E-state index >= 15 is 0 Å². The van der Waals surface area contributed by atoms with Crippen LogP contribution in [0.3, 0.4) is 0 Å². The summed E-state index contributed by atoms with van der Waals surface area (Å²) < 4.78 is 0. The van der Waals surface area contributed by atoms with E-state index in [9.17, 15) is 0 Å². The maximum Gasteiger partial charge on any atom is 0.129 e. The van der Waals surface area contributed by atoms with E-state index in [1.807, 2.05) is 25.1 Å². The van der Waals surface area contributed by atoms with Crippen molar-refractivity contribution in [2.45, 2.75) is 26.7 Å². The van der Waals surface area contributed by atoms with Gasteiger partial charge in [-0.05, 0) is 19.4 Å². The van der Waals surface area contributed by atoms with Gasteiger partial charge in [0.1, 0.15) is 5.82 Å². The fourth-order valence-corrected chi connectivity index (χ4v) is 1.63. The summed E-state index contributed by atoms with van der Waals surface area (Å²) in [5.41, 5.74) is 2.14. The SMILES string of the molecule is CCCc1nc(C)c2ccccc2n1. The van der Waals surface area contributed by atoms with Crippen LogP contribution in [0.25, 0.3) is 10.9 Å². The van der Waals surface area contributed by atoms with E-state index in [2.05, 4.69) is 23.0 Å². The highest BCUT2D eigenvalue weighted by Gasteiger charge is 2.02. The summed E-state index contributed by atoms with van der Waals surface area (Å²) in [5, 5.41) is 1.16. The second kappa shape index (κ2) is 3.74. The first-order valence-corrected chi connectivity index (χ1v) is 5.03. The topological polar surface area (TPSA) is 25.8 Å². The largest absolute Gasteiger partial charge is 0.238 e. The van der Waals surface area contributed by atoms with E-state index in [0.29, 0.717) is 0 Å². The number of rotatable bonds is 2. The summed E-state index contributed by atoms with van der Waals surface area (Å²) in [7, 11) is 0. The van der Waals surface area contributed by atoms with Crippen molar-refractivity contribution in [3.8, 4) is 0 Å². The third-order valence-electron chi connectivity index (χ3n) is 2.31. The van der Waals surface area contributed by atoms with Gasteiger partial charge in [0, 0.05) is 17.5 Å². The molecule has 1 aromatic heterocycles. The molecule has 1 aromatic carbocycles. The second-order valence-corrected chi connectivity index (χ2v) is 3.49. The van der Waals surface area contributed by atoms with Crippen LogP contribution < -0.4 is 0 Å². The van der Waals surface area contributed by atoms with Gasteiger partial charge in [0.25, 0.3) is 0 Å². The fourth-order valence-electron chi connectivity index (χ4n) is 1.63. The zero-order chi connectivity index (χ0) is 9.97. The third kappa shape index (κ3) is 1.60. The Labute approximate surface area is 84.0 Å². The van der Waals surface area contributed by atoms with E-state index < -0.39 is 0 Å². The zero-order valence-corrected chi connectivity index (χ0v) is 8.62. The summed E-state index contributed by atoms with van der Waals surface area (Å²) in [6.45, 7) is 4.19. The summed E-state index contributed by atoms with van der Waals surface area (Å²) >= 11 is 0. The third-order valence-corrected chi connectivity index (χ3v) is 2.31. The van der Waals surface area contributed by atoms with Crippen LogP contribution in [0.4, 0.5) is 0 Å². The maximum atomic E-state index is 4.51. The molecule has 0 aliphatic heterocycles. The molecule has 0 N–H and O–H groups in total. The van der Waals surface area contributed by atoms with Crippen molar-refractivity contribution in [3.05, 3.63) is 35.8 Å². The lowest BCUT2D eigenvalue weighted by atomic mass is 10.2. The van der Waals surface area contributed by atoms with Crippen molar-refractivity contribution in [2.24, 2.45) is 0 Å². The van der Waals surface area contributed by atoms with Gasteiger partial charge in [0.2, 0.25) is 0 Å². The number of hydrogen-bond donors (Lipinski definition) is 0. The first-order valence-electron chi connectivity index (χ1n) is 5.03. The van der Waals surface area contributed by atoms with Gasteiger partial charge in [-0.1, -0.05) is 25.1 Å². The zero-order valence-electron chi connectivity index (χ0n) is 8.62. The standard InChI is InChI=1S/C12H14N2/c1-3-6-12-13-9(2)10-7-4-5-8-11(10)14-12/h4-5,7-8H,3,6H2,1-2H3. The molecule has 2 nitrogen and oxygen atoms in total. The van der Waals surface area contributed by atoms with Gasteiger partial charge in [0.05, 0.1) is 5.52 Å². The van der Waals surface area contributed by atoms with Gasteiger partial charge < -0.3 is 0 Å². The Morgan fingerprint density at radius 2 is 1.93 bits per heavy atom. The molecule has 0 unspecified atom stereocenters. The van der Waals surface area contributed by atoms with Gasteiger partial charge >= 0.3 is 0 Å². The van der Waals surface area contributed by atoms with Crippen LogP contribution in [0.5, 0.6) is 0 Å². The molecule has 1 heterocycles. The number of aryl methyl sites for hydroxylation is 2. The Morgan fingerprint density at radius 1 is 1.14 bits per heavy atom. The van der Waals surface area contributed by atoms with Gasteiger partial charge in [-0.25, -0.2) is 9.97 Å². The normalized spacial score (nSPS) is 10.7. The molecule has 0 saturated carbocycles. The minimum Gasteiger partial charge on any atom is -0.238 e. The van der Waals surface area contributed by atoms with Crippen LogP contribution in [-0.2, 0) is 6.42 Å². The van der Waals surface area contributed by atoms with E-state index in [1.54, 1.807) is 0 Å². The molecule has 0 aliphatic rings. The smallest absolute Gasteiger partial charge is 0.129 e. The van der Waals surface area contributed by atoms with Crippen molar-refractivity contribution in [3.63, 3.8) is 0 Å². The average molecular weight is 186 g/mol. The van der Waals surface area contributed by atoms with Crippen molar-refractivity contribution in [1.82, 2.24) is 9.97 Å². The molecule has 0 spiro atoms. The van der Waals surface area contributed by atoms with E-state index in [4.69, 9.17) is 0 Å². The Morgan fingerprint density at radius 3 is 2.71 bits per heavy atom. The number of benzene rings is 1. The summed E-state index contributed by atoms with van der Waals surface area (Å²) in [6.07, 6.45) is 2.06. The van der Waals surface area contributed by atoms with Gasteiger partial charge in [0.15, 0.2) is 0 Å². The number of aromatic nitrogens is 2. The van der Waals surface area contributed by atoms with Gasteiger partial charge in [-0.2, -0.15) is 0 Å². The predicted molar refractivity (Wildman–Crippen MR) is 58.3 cm³/mol. The molecule has 0 amide bonds. The lowest BCUT2D eigenvalue weighted by Crippen LogP contribution is -1.97. The molecule has 0 radical (unpaired) electrons. The second-order valence-electron chi connectivity index (χ2n) is 3.49. The molecule has 0 atom stereocenters. The first kappa shape index (κ1) is 9.13. The van der Waals surface area contributed by atoms with Crippen molar-refractivity contribution < 1.29 is 0 Å². The highest BCUT2D eigenvalue weighted by Crippen LogP contribution is 2.14.